The van der Waals surface area contributed by atoms with Gasteiger partial charge in [-0.1, -0.05) is 135 Å². The summed E-state index contributed by atoms with van der Waals surface area (Å²) in [6, 6.07) is 59.8. The van der Waals surface area contributed by atoms with E-state index in [1.165, 1.54) is 64.7 Å². The van der Waals surface area contributed by atoms with Crippen molar-refractivity contribution in [2.24, 2.45) is 0 Å². The fraction of sp³-hybridized carbons (Fsp3) is 0.0667. The van der Waals surface area contributed by atoms with Gasteiger partial charge in [0.25, 0.3) is 0 Å². The zero-order valence-electron chi connectivity index (χ0n) is 26.4. The fourth-order valence-corrected chi connectivity index (χ4v) is 8.65. The van der Waals surface area contributed by atoms with E-state index in [9.17, 15) is 0 Å². The quantitative estimate of drug-likeness (QED) is 0.185. The van der Waals surface area contributed by atoms with Gasteiger partial charge in [-0.15, -0.1) is 11.3 Å². The number of anilines is 3. The van der Waals surface area contributed by atoms with Crippen LogP contribution in [0.25, 0.3) is 53.6 Å². The van der Waals surface area contributed by atoms with Crippen LogP contribution in [0.3, 0.4) is 0 Å². The normalized spacial score (nSPS) is 13.1. The zero-order chi connectivity index (χ0) is 31.5. The second-order valence-corrected chi connectivity index (χ2v) is 14.1. The molecule has 0 fully saturated rings. The Morgan fingerprint density at radius 1 is 0.447 bits per heavy atom. The number of benzene rings is 7. The standard InChI is InChI=1S/C45H33NS/c1-45(2)39-16-10-9-15-37(39)43-40(45)27-28-41-44(43)38-26-25-36(29-42(38)47-41)46(34-21-17-32(18-22-34)30-11-5-3-6-12-30)35-23-19-33(20-24-35)31-13-7-4-8-14-31/h3-29H,1-2H3. The molecule has 1 aliphatic carbocycles. The number of thiophene rings is 1. The van der Waals surface area contributed by atoms with Gasteiger partial charge in [-0.3, -0.25) is 0 Å². The fourth-order valence-electron chi connectivity index (χ4n) is 7.50. The van der Waals surface area contributed by atoms with Crippen molar-refractivity contribution in [3.05, 3.63) is 175 Å². The van der Waals surface area contributed by atoms with Crippen molar-refractivity contribution in [1.29, 1.82) is 0 Å². The number of hydrogen-bond donors (Lipinski definition) is 0. The third kappa shape index (κ3) is 4.52. The van der Waals surface area contributed by atoms with Crippen LogP contribution in [0.1, 0.15) is 25.0 Å². The van der Waals surface area contributed by atoms with Crippen molar-refractivity contribution in [3.63, 3.8) is 0 Å². The maximum absolute atomic E-state index is 2.39. The maximum Gasteiger partial charge on any atom is 0.0476 e. The highest BCUT2D eigenvalue weighted by atomic mass is 32.1. The number of hydrogen-bond acceptors (Lipinski definition) is 2. The van der Waals surface area contributed by atoms with E-state index in [0.29, 0.717) is 0 Å². The van der Waals surface area contributed by atoms with Gasteiger partial charge in [-0.2, -0.15) is 0 Å². The molecule has 9 rings (SSSR count). The zero-order valence-corrected chi connectivity index (χ0v) is 27.3. The van der Waals surface area contributed by atoms with Crippen LogP contribution >= 0.6 is 11.3 Å². The molecule has 0 aliphatic heterocycles. The van der Waals surface area contributed by atoms with Crippen LogP contribution in [0.4, 0.5) is 17.1 Å². The monoisotopic (exact) mass is 619 g/mol. The SMILES string of the molecule is CC1(C)c2ccccc2-c2c1ccc1sc3cc(N(c4ccc(-c5ccccc5)cc4)c4ccc(-c5ccccc5)cc4)ccc3c21. The van der Waals surface area contributed by atoms with E-state index in [1.807, 2.05) is 11.3 Å². The molecule has 7 aromatic carbocycles. The van der Waals surface area contributed by atoms with Crippen molar-refractivity contribution in [2.75, 3.05) is 4.90 Å². The predicted molar refractivity (Wildman–Crippen MR) is 202 cm³/mol. The van der Waals surface area contributed by atoms with Gasteiger partial charge in [0.1, 0.15) is 0 Å². The molecule has 0 saturated carbocycles. The molecule has 1 nitrogen and oxygen atoms in total. The van der Waals surface area contributed by atoms with Crippen molar-refractivity contribution in [2.45, 2.75) is 19.3 Å². The number of fused-ring (bicyclic) bond motifs is 7. The summed E-state index contributed by atoms with van der Waals surface area (Å²) in [5.74, 6) is 0. The van der Waals surface area contributed by atoms with Gasteiger partial charge in [-0.05, 0) is 87.0 Å². The number of rotatable bonds is 5. The molecule has 224 valence electrons. The Labute approximate surface area is 280 Å². The van der Waals surface area contributed by atoms with E-state index in [4.69, 9.17) is 0 Å². The van der Waals surface area contributed by atoms with Crippen LogP contribution in [0.5, 0.6) is 0 Å². The van der Waals surface area contributed by atoms with E-state index in [1.54, 1.807) is 0 Å². The van der Waals surface area contributed by atoms with Crippen LogP contribution in [-0.2, 0) is 5.41 Å². The Morgan fingerprint density at radius 2 is 0.979 bits per heavy atom. The molecular formula is C45H33NS. The Bertz CT molecular complexity index is 2320. The minimum absolute atomic E-state index is 0.0110. The van der Waals surface area contributed by atoms with Gasteiger partial charge in [-0.25, -0.2) is 0 Å². The summed E-state index contributed by atoms with van der Waals surface area (Å²) in [5, 5.41) is 2.72. The Hall–Kier alpha value is -5.44. The van der Waals surface area contributed by atoms with E-state index in [-0.39, 0.29) is 5.41 Å². The van der Waals surface area contributed by atoms with Crippen LogP contribution in [0.2, 0.25) is 0 Å². The summed E-state index contributed by atoms with van der Waals surface area (Å²) in [5.41, 5.74) is 13.9. The van der Waals surface area contributed by atoms with Crippen molar-refractivity contribution >= 4 is 48.6 Å². The average Bonchev–Trinajstić information content (AvgIpc) is 3.61. The molecule has 0 saturated heterocycles. The highest BCUT2D eigenvalue weighted by molar-refractivity contribution is 7.26. The molecule has 0 radical (unpaired) electrons. The van der Waals surface area contributed by atoms with Crippen molar-refractivity contribution < 1.29 is 0 Å². The first kappa shape index (κ1) is 27.8. The van der Waals surface area contributed by atoms with Gasteiger partial charge in [0, 0.05) is 42.6 Å². The van der Waals surface area contributed by atoms with Crippen LogP contribution in [-0.4, -0.2) is 0 Å². The molecule has 2 heteroatoms. The second-order valence-electron chi connectivity index (χ2n) is 13.0. The molecule has 1 heterocycles. The Morgan fingerprint density at radius 3 is 1.60 bits per heavy atom. The summed E-state index contributed by atoms with van der Waals surface area (Å²) < 4.78 is 2.65. The largest absolute Gasteiger partial charge is 0.310 e. The first-order valence-corrected chi connectivity index (χ1v) is 17.1. The smallest absolute Gasteiger partial charge is 0.0476 e. The van der Waals surface area contributed by atoms with Crippen LogP contribution in [0.15, 0.2) is 164 Å². The van der Waals surface area contributed by atoms with Crippen molar-refractivity contribution in [3.8, 4) is 33.4 Å². The summed E-state index contributed by atoms with van der Waals surface area (Å²) >= 11 is 1.90. The molecule has 1 aliphatic rings. The molecule has 47 heavy (non-hydrogen) atoms. The third-order valence-electron chi connectivity index (χ3n) is 9.89. The average molecular weight is 620 g/mol. The highest BCUT2D eigenvalue weighted by Crippen LogP contribution is 2.54. The summed E-state index contributed by atoms with van der Waals surface area (Å²) in [6.07, 6.45) is 0. The first-order chi connectivity index (χ1) is 23.1. The number of nitrogens with zero attached hydrogens (tertiary/aromatic N) is 1. The molecule has 0 bridgehead atoms. The highest BCUT2D eigenvalue weighted by Gasteiger charge is 2.36. The molecule has 1 aromatic heterocycles. The summed E-state index contributed by atoms with van der Waals surface area (Å²) in [4.78, 5) is 2.39. The lowest BCUT2D eigenvalue weighted by Gasteiger charge is -2.26. The van der Waals surface area contributed by atoms with Crippen LogP contribution < -0.4 is 4.90 Å². The first-order valence-electron chi connectivity index (χ1n) is 16.3. The molecule has 8 aromatic rings. The molecule has 0 atom stereocenters. The summed E-state index contributed by atoms with van der Waals surface area (Å²) in [6.45, 7) is 4.72. The topological polar surface area (TPSA) is 3.24 Å². The molecular weight excluding hydrogens is 587 g/mol. The Kier molecular flexibility index (Phi) is 6.41. The molecule has 0 unspecified atom stereocenters. The van der Waals surface area contributed by atoms with Gasteiger partial charge < -0.3 is 4.90 Å². The lowest BCUT2D eigenvalue weighted by atomic mass is 9.82. The van der Waals surface area contributed by atoms with E-state index < -0.39 is 0 Å². The third-order valence-corrected chi connectivity index (χ3v) is 11.0. The van der Waals surface area contributed by atoms with Gasteiger partial charge in [0.05, 0.1) is 0 Å². The van der Waals surface area contributed by atoms with Gasteiger partial charge >= 0.3 is 0 Å². The van der Waals surface area contributed by atoms with E-state index >= 15 is 0 Å². The van der Waals surface area contributed by atoms with Crippen LogP contribution in [0, 0.1) is 0 Å². The van der Waals surface area contributed by atoms with Gasteiger partial charge in [0.2, 0.25) is 0 Å². The van der Waals surface area contributed by atoms with Crippen molar-refractivity contribution in [1.82, 2.24) is 0 Å². The molecule has 0 N–H and O–H groups in total. The van der Waals surface area contributed by atoms with E-state index in [0.717, 1.165) is 17.1 Å². The summed E-state index contributed by atoms with van der Waals surface area (Å²) in [7, 11) is 0. The minimum atomic E-state index is -0.0110. The van der Waals surface area contributed by atoms with Gasteiger partial charge in [0.15, 0.2) is 0 Å². The predicted octanol–water partition coefficient (Wildman–Crippen LogP) is 13.2. The maximum atomic E-state index is 2.39. The molecule has 0 amide bonds. The second kappa shape index (κ2) is 10.8. The lowest BCUT2D eigenvalue weighted by Crippen LogP contribution is -2.14. The molecule has 0 spiro atoms. The lowest BCUT2D eigenvalue weighted by molar-refractivity contribution is 0.661. The Balaban J connectivity index is 1.19. The van der Waals surface area contributed by atoms with E-state index in [2.05, 4.69) is 183 Å². The minimum Gasteiger partial charge on any atom is -0.310 e.